The Morgan fingerprint density at radius 3 is 3.00 bits per heavy atom. The first kappa shape index (κ1) is 10.2. The van der Waals surface area contributed by atoms with E-state index in [1.165, 1.54) is 13.3 Å². The highest BCUT2D eigenvalue weighted by molar-refractivity contribution is 9.10. The third kappa shape index (κ3) is 1.63. The summed E-state index contributed by atoms with van der Waals surface area (Å²) in [5, 5.41) is 4.10. The highest BCUT2D eigenvalue weighted by atomic mass is 79.9. The Labute approximate surface area is 95.0 Å². The van der Waals surface area contributed by atoms with E-state index in [0.29, 0.717) is 5.56 Å². The van der Waals surface area contributed by atoms with Crippen LogP contribution in [0.2, 0.25) is 0 Å². The molecule has 2 heterocycles. The second-order valence-electron chi connectivity index (χ2n) is 3.18. The third-order valence-corrected chi connectivity index (χ3v) is 2.61. The molecular weight excluding hydrogens is 260 g/mol. The second-order valence-corrected chi connectivity index (χ2v) is 4.10. The molecule has 2 aromatic rings. The van der Waals surface area contributed by atoms with Crippen molar-refractivity contribution in [3.05, 3.63) is 34.1 Å². The average molecular weight is 269 g/mol. The molecule has 78 valence electrons. The van der Waals surface area contributed by atoms with E-state index in [1.54, 1.807) is 10.7 Å². The Morgan fingerprint density at radius 2 is 2.33 bits per heavy atom. The molecule has 4 nitrogen and oxygen atoms in total. The number of aromatic nitrogens is 2. The average Bonchev–Trinajstić information content (AvgIpc) is 2.60. The predicted molar refractivity (Wildman–Crippen MR) is 59.0 cm³/mol. The normalized spacial score (nSPS) is 10.6. The number of nitrogens with zero attached hydrogens (tertiary/aromatic N) is 2. The smallest absolute Gasteiger partial charge is 0.341 e. The molecule has 0 bridgehead atoms. The summed E-state index contributed by atoms with van der Waals surface area (Å²) in [4.78, 5) is 11.4. The number of pyridine rings is 1. The maximum atomic E-state index is 11.4. The van der Waals surface area contributed by atoms with Crippen molar-refractivity contribution in [2.45, 2.75) is 6.92 Å². The molecule has 15 heavy (non-hydrogen) atoms. The van der Waals surface area contributed by atoms with E-state index in [0.717, 1.165) is 15.6 Å². The molecule has 0 saturated carbocycles. The molecule has 2 rings (SSSR count). The highest BCUT2D eigenvalue weighted by Crippen LogP contribution is 2.20. The topological polar surface area (TPSA) is 43.6 Å². The molecule has 0 unspecified atom stereocenters. The molecule has 0 saturated heterocycles. The summed E-state index contributed by atoms with van der Waals surface area (Å²) >= 11 is 3.37. The number of methoxy groups -OCH3 is 1. The van der Waals surface area contributed by atoms with Crippen LogP contribution in [-0.4, -0.2) is 22.7 Å². The summed E-state index contributed by atoms with van der Waals surface area (Å²) in [6, 6.07) is 1.93. The first-order chi connectivity index (χ1) is 7.13. The maximum Gasteiger partial charge on any atom is 0.341 e. The van der Waals surface area contributed by atoms with Gasteiger partial charge in [-0.1, -0.05) is 0 Å². The van der Waals surface area contributed by atoms with Gasteiger partial charge in [0, 0.05) is 10.7 Å². The molecule has 5 heteroatoms. The van der Waals surface area contributed by atoms with E-state index in [-0.39, 0.29) is 5.97 Å². The Bertz CT molecular complexity index is 533. The van der Waals surface area contributed by atoms with Gasteiger partial charge in [0.2, 0.25) is 0 Å². The number of ether oxygens (including phenoxy) is 1. The zero-order chi connectivity index (χ0) is 11.0. The minimum atomic E-state index is -0.365. The van der Waals surface area contributed by atoms with Gasteiger partial charge in [0.1, 0.15) is 5.56 Å². The summed E-state index contributed by atoms with van der Waals surface area (Å²) in [5.41, 5.74) is 2.25. The van der Waals surface area contributed by atoms with E-state index < -0.39 is 0 Å². The number of fused-ring (bicyclic) bond motifs is 1. The van der Waals surface area contributed by atoms with Gasteiger partial charge in [0.15, 0.2) is 0 Å². The van der Waals surface area contributed by atoms with Crippen molar-refractivity contribution in [1.29, 1.82) is 0 Å². The Hall–Kier alpha value is -1.36. The zero-order valence-electron chi connectivity index (χ0n) is 8.32. The molecule has 2 aromatic heterocycles. The molecular formula is C10H9BrN2O2. The Balaban J connectivity index is 2.74. The van der Waals surface area contributed by atoms with Crippen molar-refractivity contribution in [3.63, 3.8) is 0 Å². The monoisotopic (exact) mass is 268 g/mol. The van der Waals surface area contributed by atoms with E-state index in [2.05, 4.69) is 25.8 Å². The molecule has 0 aromatic carbocycles. The van der Waals surface area contributed by atoms with Crippen molar-refractivity contribution < 1.29 is 9.53 Å². The molecule has 0 fully saturated rings. The number of esters is 1. The lowest BCUT2D eigenvalue weighted by atomic mass is 10.2. The van der Waals surface area contributed by atoms with Crippen molar-refractivity contribution in [2.24, 2.45) is 0 Å². The van der Waals surface area contributed by atoms with Gasteiger partial charge in [0.05, 0.1) is 18.8 Å². The Morgan fingerprint density at radius 1 is 1.60 bits per heavy atom. The lowest BCUT2D eigenvalue weighted by Crippen LogP contribution is -2.01. The number of halogens is 1. The van der Waals surface area contributed by atoms with Crippen molar-refractivity contribution in [2.75, 3.05) is 7.11 Å². The number of carbonyl (C=O) groups is 1. The minimum absolute atomic E-state index is 0.365. The van der Waals surface area contributed by atoms with Crippen molar-refractivity contribution in [3.8, 4) is 0 Å². The van der Waals surface area contributed by atoms with Crippen LogP contribution in [-0.2, 0) is 4.74 Å². The fourth-order valence-corrected chi connectivity index (χ4v) is 2.08. The van der Waals surface area contributed by atoms with Crippen LogP contribution in [0.15, 0.2) is 22.9 Å². The number of hydrogen-bond donors (Lipinski definition) is 0. The zero-order valence-corrected chi connectivity index (χ0v) is 9.91. The highest BCUT2D eigenvalue weighted by Gasteiger charge is 2.14. The van der Waals surface area contributed by atoms with Crippen molar-refractivity contribution >= 4 is 27.4 Å². The minimum Gasteiger partial charge on any atom is -0.465 e. The molecule has 0 radical (unpaired) electrons. The molecule has 0 atom stereocenters. The van der Waals surface area contributed by atoms with Gasteiger partial charge in [-0.2, -0.15) is 5.10 Å². The van der Waals surface area contributed by atoms with Gasteiger partial charge in [-0.25, -0.2) is 9.31 Å². The number of carbonyl (C=O) groups excluding carboxylic acids is 1. The number of hydrogen-bond acceptors (Lipinski definition) is 3. The van der Waals surface area contributed by atoms with E-state index in [1.807, 2.05) is 13.0 Å². The lowest BCUT2D eigenvalue weighted by molar-refractivity contribution is 0.0603. The summed E-state index contributed by atoms with van der Waals surface area (Å²) in [6.45, 7) is 1.92. The van der Waals surface area contributed by atoms with Crippen LogP contribution in [0.3, 0.4) is 0 Å². The molecule has 0 aliphatic rings. The molecule has 0 spiro atoms. The molecule has 0 aliphatic heterocycles. The van der Waals surface area contributed by atoms with Gasteiger partial charge < -0.3 is 4.74 Å². The van der Waals surface area contributed by atoms with Crippen LogP contribution < -0.4 is 0 Å². The van der Waals surface area contributed by atoms with Crippen LogP contribution in [0.1, 0.15) is 15.9 Å². The number of rotatable bonds is 1. The quantitative estimate of drug-likeness (QED) is 0.745. The predicted octanol–water partition coefficient (Wildman–Crippen LogP) is 2.19. The summed E-state index contributed by atoms with van der Waals surface area (Å²) in [6.07, 6.45) is 3.31. The van der Waals surface area contributed by atoms with Gasteiger partial charge >= 0.3 is 5.97 Å². The largest absolute Gasteiger partial charge is 0.465 e. The molecule has 0 amide bonds. The van der Waals surface area contributed by atoms with Crippen LogP contribution in [0.5, 0.6) is 0 Å². The van der Waals surface area contributed by atoms with Crippen LogP contribution in [0, 0.1) is 6.92 Å². The first-order valence-corrected chi connectivity index (χ1v) is 5.14. The van der Waals surface area contributed by atoms with Crippen molar-refractivity contribution in [1.82, 2.24) is 9.61 Å². The first-order valence-electron chi connectivity index (χ1n) is 4.35. The van der Waals surface area contributed by atoms with Gasteiger partial charge in [-0.3, -0.25) is 0 Å². The number of aryl methyl sites for hydroxylation is 1. The Kier molecular flexibility index (Phi) is 2.48. The van der Waals surface area contributed by atoms with Crippen LogP contribution in [0.4, 0.5) is 0 Å². The van der Waals surface area contributed by atoms with E-state index in [9.17, 15) is 4.79 Å². The van der Waals surface area contributed by atoms with Crippen LogP contribution >= 0.6 is 15.9 Å². The van der Waals surface area contributed by atoms with Gasteiger partial charge in [-0.05, 0) is 34.5 Å². The van der Waals surface area contributed by atoms with E-state index in [4.69, 9.17) is 0 Å². The molecule has 0 aliphatic carbocycles. The summed E-state index contributed by atoms with van der Waals surface area (Å²) in [7, 11) is 1.36. The van der Waals surface area contributed by atoms with Gasteiger partial charge in [-0.15, -0.1) is 0 Å². The third-order valence-electron chi connectivity index (χ3n) is 2.17. The van der Waals surface area contributed by atoms with E-state index >= 15 is 0 Å². The van der Waals surface area contributed by atoms with Crippen LogP contribution in [0.25, 0.3) is 5.52 Å². The lowest BCUT2D eigenvalue weighted by Gasteiger charge is -2.01. The second kappa shape index (κ2) is 3.66. The van der Waals surface area contributed by atoms with Gasteiger partial charge in [0.25, 0.3) is 0 Å². The fraction of sp³-hybridized carbons (Fsp3) is 0.200. The summed E-state index contributed by atoms with van der Waals surface area (Å²) < 4.78 is 7.27. The maximum absolute atomic E-state index is 11.4. The SMILES string of the molecule is COC(=O)c1cnn2cc(Br)cc(C)c12. The molecule has 0 N–H and O–H groups in total. The standard InChI is InChI=1S/C10H9BrN2O2/c1-6-3-7(11)5-13-9(6)8(4-12-13)10(14)15-2/h3-5H,1-2H3. The summed E-state index contributed by atoms with van der Waals surface area (Å²) in [5.74, 6) is -0.365. The fourth-order valence-electron chi connectivity index (χ4n) is 1.54.